The molecular formula is C10H8FNO2. The van der Waals surface area contributed by atoms with E-state index in [9.17, 15) is 9.30 Å². The average Bonchev–Trinajstić information content (AvgIpc) is 2.54. The summed E-state index contributed by atoms with van der Waals surface area (Å²) in [4.78, 5) is 10.3. The van der Waals surface area contributed by atoms with Gasteiger partial charge in [-0.1, -0.05) is 0 Å². The number of nitrogens with zero attached hydrogens (tertiary/aromatic N) is 1. The predicted molar refractivity (Wildman–Crippen MR) is 51.1 cm³/mol. The molecule has 2 aromatic rings. The highest BCUT2D eigenvalue weighted by Crippen LogP contribution is 2.31. The van der Waals surface area contributed by atoms with E-state index in [1.165, 1.54) is 6.07 Å². The number of furan rings is 1. The molecule has 1 heterocycles. The summed E-state index contributed by atoms with van der Waals surface area (Å²) in [6.45, 7) is 3.48. The third kappa shape index (κ3) is 1.11. The monoisotopic (exact) mass is 193 g/mol. The van der Waals surface area contributed by atoms with Crippen molar-refractivity contribution in [2.75, 3.05) is 0 Å². The molecule has 3 nitrogen and oxygen atoms in total. The zero-order chi connectivity index (χ0) is 10.3. The van der Waals surface area contributed by atoms with Gasteiger partial charge in [0.1, 0.15) is 17.0 Å². The van der Waals surface area contributed by atoms with E-state index in [1.54, 1.807) is 19.9 Å². The van der Waals surface area contributed by atoms with Crippen molar-refractivity contribution in [2.45, 2.75) is 13.8 Å². The second-order valence-corrected chi connectivity index (χ2v) is 3.22. The van der Waals surface area contributed by atoms with Crippen LogP contribution >= 0.6 is 0 Å². The molecule has 0 fully saturated rings. The Kier molecular flexibility index (Phi) is 1.84. The van der Waals surface area contributed by atoms with E-state index in [0.29, 0.717) is 22.3 Å². The first-order chi connectivity index (χ1) is 6.63. The van der Waals surface area contributed by atoms with Crippen LogP contribution in [0.1, 0.15) is 11.3 Å². The van der Waals surface area contributed by atoms with Crippen molar-refractivity contribution in [3.63, 3.8) is 0 Å². The fraction of sp³-hybridized carbons (Fsp3) is 0.200. The minimum Gasteiger partial charge on any atom is -0.461 e. The fourth-order valence-electron chi connectivity index (χ4n) is 1.51. The van der Waals surface area contributed by atoms with E-state index in [1.807, 2.05) is 0 Å². The Balaban J connectivity index is 2.93. The summed E-state index contributed by atoms with van der Waals surface area (Å²) in [7, 11) is 0. The standard InChI is InChI=1S/C10H8FNO2/c1-5-3-8(12-13)9(11)7-4-6(2)14-10(5)7/h3-4H,1-2H3. The molecule has 0 radical (unpaired) electrons. The summed E-state index contributed by atoms with van der Waals surface area (Å²) in [5.41, 5.74) is 1.02. The lowest BCUT2D eigenvalue weighted by atomic mass is 10.1. The molecule has 0 aliphatic carbocycles. The van der Waals surface area contributed by atoms with Gasteiger partial charge in [-0.3, -0.25) is 0 Å². The van der Waals surface area contributed by atoms with Crippen LogP contribution in [-0.4, -0.2) is 0 Å². The maximum absolute atomic E-state index is 13.5. The Morgan fingerprint density at radius 1 is 1.36 bits per heavy atom. The van der Waals surface area contributed by atoms with Gasteiger partial charge in [0.15, 0.2) is 5.82 Å². The number of nitroso groups, excluding NO2 is 1. The lowest BCUT2D eigenvalue weighted by molar-refractivity contribution is 0.574. The highest BCUT2D eigenvalue weighted by Gasteiger charge is 2.14. The van der Waals surface area contributed by atoms with Gasteiger partial charge in [-0.2, -0.15) is 0 Å². The number of rotatable bonds is 1. The van der Waals surface area contributed by atoms with E-state index in [0.717, 1.165) is 0 Å². The van der Waals surface area contributed by atoms with Gasteiger partial charge in [0.25, 0.3) is 0 Å². The smallest absolute Gasteiger partial charge is 0.163 e. The first-order valence-electron chi connectivity index (χ1n) is 4.16. The van der Waals surface area contributed by atoms with Crippen molar-refractivity contribution in [3.8, 4) is 0 Å². The number of aryl methyl sites for hydroxylation is 2. The third-order valence-electron chi connectivity index (χ3n) is 2.13. The minimum atomic E-state index is -0.613. The third-order valence-corrected chi connectivity index (χ3v) is 2.13. The van der Waals surface area contributed by atoms with E-state index in [2.05, 4.69) is 5.18 Å². The second-order valence-electron chi connectivity index (χ2n) is 3.22. The normalized spacial score (nSPS) is 10.8. The lowest BCUT2D eigenvalue weighted by Crippen LogP contribution is -1.80. The summed E-state index contributed by atoms with van der Waals surface area (Å²) in [5, 5.41) is 2.94. The minimum absolute atomic E-state index is 0.171. The van der Waals surface area contributed by atoms with E-state index in [-0.39, 0.29) is 5.69 Å². The Morgan fingerprint density at radius 2 is 2.07 bits per heavy atom. The molecule has 0 atom stereocenters. The highest BCUT2D eigenvalue weighted by atomic mass is 19.1. The molecule has 0 spiro atoms. The molecule has 0 amide bonds. The topological polar surface area (TPSA) is 42.6 Å². The molecule has 14 heavy (non-hydrogen) atoms. The van der Waals surface area contributed by atoms with Crippen molar-refractivity contribution in [1.82, 2.24) is 0 Å². The molecule has 1 aromatic heterocycles. The molecule has 72 valence electrons. The van der Waals surface area contributed by atoms with E-state index in [4.69, 9.17) is 4.42 Å². The van der Waals surface area contributed by atoms with Gasteiger partial charge in [-0.25, -0.2) is 4.39 Å². The molecule has 0 saturated carbocycles. The Bertz CT molecular complexity index is 516. The van der Waals surface area contributed by atoms with Crippen LogP contribution in [0.25, 0.3) is 11.0 Å². The predicted octanol–water partition coefficient (Wildman–Crippen LogP) is 3.59. The molecule has 0 saturated heterocycles. The van der Waals surface area contributed by atoms with Crippen molar-refractivity contribution in [2.24, 2.45) is 5.18 Å². The number of fused-ring (bicyclic) bond motifs is 1. The summed E-state index contributed by atoms with van der Waals surface area (Å²) in [6.07, 6.45) is 0. The van der Waals surface area contributed by atoms with Gasteiger partial charge < -0.3 is 4.42 Å². The van der Waals surface area contributed by atoms with Crippen LogP contribution < -0.4 is 0 Å². The first-order valence-corrected chi connectivity index (χ1v) is 4.16. The zero-order valence-corrected chi connectivity index (χ0v) is 7.80. The summed E-state index contributed by atoms with van der Waals surface area (Å²) in [6, 6.07) is 2.94. The molecule has 0 aliphatic heterocycles. The maximum atomic E-state index is 13.5. The van der Waals surface area contributed by atoms with Crippen molar-refractivity contribution >= 4 is 16.7 Å². The van der Waals surface area contributed by atoms with Gasteiger partial charge in [0, 0.05) is 0 Å². The number of hydrogen-bond acceptors (Lipinski definition) is 3. The second kappa shape index (κ2) is 2.90. The van der Waals surface area contributed by atoms with Crippen LogP contribution in [0.3, 0.4) is 0 Å². The van der Waals surface area contributed by atoms with E-state index >= 15 is 0 Å². The molecule has 0 unspecified atom stereocenters. The largest absolute Gasteiger partial charge is 0.461 e. The molecular weight excluding hydrogens is 185 g/mol. The lowest BCUT2D eigenvalue weighted by Gasteiger charge is -1.97. The molecule has 1 aromatic carbocycles. The average molecular weight is 193 g/mol. The maximum Gasteiger partial charge on any atom is 0.163 e. The van der Waals surface area contributed by atoms with Crippen LogP contribution in [0.4, 0.5) is 10.1 Å². The van der Waals surface area contributed by atoms with Gasteiger partial charge in [0.2, 0.25) is 0 Å². The fourth-order valence-corrected chi connectivity index (χ4v) is 1.51. The zero-order valence-electron chi connectivity index (χ0n) is 7.80. The molecule has 2 rings (SSSR count). The van der Waals surface area contributed by atoms with Crippen LogP contribution in [0.5, 0.6) is 0 Å². The van der Waals surface area contributed by atoms with Crippen LogP contribution in [0.15, 0.2) is 21.7 Å². The van der Waals surface area contributed by atoms with Crippen molar-refractivity contribution in [1.29, 1.82) is 0 Å². The quantitative estimate of drug-likeness (QED) is 0.649. The summed E-state index contributed by atoms with van der Waals surface area (Å²) >= 11 is 0. The number of hydrogen-bond donors (Lipinski definition) is 0. The molecule has 0 bridgehead atoms. The number of halogens is 1. The van der Waals surface area contributed by atoms with Crippen LogP contribution in [0.2, 0.25) is 0 Å². The summed E-state index contributed by atoms with van der Waals surface area (Å²) in [5.74, 6) is 0.00231. The highest BCUT2D eigenvalue weighted by molar-refractivity contribution is 5.85. The first kappa shape index (κ1) is 8.87. The van der Waals surface area contributed by atoms with Gasteiger partial charge >= 0.3 is 0 Å². The number of benzene rings is 1. The Morgan fingerprint density at radius 3 is 2.71 bits per heavy atom. The molecule has 0 N–H and O–H groups in total. The van der Waals surface area contributed by atoms with Gasteiger partial charge in [-0.05, 0) is 36.7 Å². The van der Waals surface area contributed by atoms with Gasteiger partial charge in [-0.15, -0.1) is 4.91 Å². The molecule has 4 heteroatoms. The van der Waals surface area contributed by atoms with Crippen LogP contribution in [-0.2, 0) is 0 Å². The Hall–Kier alpha value is -1.71. The van der Waals surface area contributed by atoms with Crippen molar-refractivity contribution < 1.29 is 8.81 Å². The summed E-state index contributed by atoms with van der Waals surface area (Å²) < 4.78 is 18.8. The SMILES string of the molecule is Cc1cc2c(F)c(N=O)cc(C)c2o1. The van der Waals surface area contributed by atoms with E-state index < -0.39 is 5.82 Å². The van der Waals surface area contributed by atoms with Crippen LogP contribution in [0, 0.1) is 24.6 Å². The Labute approximate surface area is 79.5 Å². The van der Waals surface area contributed by atoms with Crippen molar-refractivity contribution in [3.05, 3.63) is 34.2 Å². The van der Waals surface area contributed by atoms with Gasteiger partial charge in [0.05, 0.1) is 5.39 Å². The molecule has 0 aliphatic rings.